The number of nitrogens with zero attached hydrogens (tertiary/aromatic N) is 1. The summed E-state index contributed by atoms with van der Waals surface area (Å²) in [5.74, 6) is 0.623. The Kier molecular flexibility index (Phi) is 6.58. The molecule has 5 heteroatoms. The van der Waals surface area contributed by atoms with Crippen LogP contribution in [0.15, 0.2) is 0 Å². The molecular weight excluding hydrogens is 244 g/mol. The normalized spacial score (nSPS) is 17.6. The summed E-state index contributed by atoms with van der Waals surface area (Å²) >= 11 is 0. The van der Waals surface area contributed by atoms with Crippen LogP contribution in [-0.4, -0.2) is 54.5 Å². The second-order valence-electron chi connectivity index (χ2n) is 6.19. The van der Waals surface area contributed by atoms with Crippen molar-refractivity contribution in [2.45, 2.75) is 45.6 Å². The molecule has 1 fully saturated rings. The molecule has 1 aliphatic heterocycles. The van der Waals surface area contributed by atoms with Gasteiger partial charge in [-0.1, -0.05) is 0 Å². The summed E-state index contributed by atoms with van der Waals surface area (Å²) in [5.41, 5.74) is -0.417. The van der Waals surface area contributed by atoms with Crippen LogP contribution in [0.5, 0.6) is 0 Å². The monoisotopic (exact) mass is 272 g/mol. The number of carbonyl (C=O) groups excluding carboxylic acids is 1. The molecule has 0 aromatic heterocycles. The lowest BCUT2D eigenvalue weighted by atomic mass is 9.97. The van der Waals surface area contributed by atoms with Crippen LogP contribution in [0, 0.1) is 5.92 Å². The van der Waals surface area contributed by atoms with Gasteiger partial charge < -0.3 is 20.1 Å². The van der Waals surface area contributed by atoms with Crippen molar-refractivity contribution in [1.82, 2.24) is 10.2 Å². The predicted octanol–water partition coefficient (Wildman–Crippen LogP) is 1.61. The quantitative estimate of drug-likeness (QED) is 0.746. The van der Waals surface area contributed by atoms with Gasteiger partial charge in [-0.3, -0.25) is 0 Å². The van der Waals surface area contributed by atoms with E-state index in [4.69, 9.17) is 9.84 Å². The Labute approximate surface area is 116 Å². The number of aliphatic hydroxyl groups is 1. The highest BCUT2D eigenvalue weighted by Crippen LogP contribution is 2.19. The van der Waals surface area contributed by atoms with Crippen molar-refractivity contribution in [2.75, 3.05) is 32.8 Å². The molecule has 0 aliphatic carbocycles. The summed E-state index contributed by atoms with van der Waals surface area (Å²) < 4.78 is 5.37. The van der Waals surface area contributed by atoms with Gasteiger partial charge >= 0.3 is 6.09 Å². The number of carbonyl (C=O) groups is 1. The fourth-order valence-corrected chi connectivity index (χ4v) is 2.16. The third-order valence-electron chi connectivity index (χ3n) is 3.21. The van der Waals surface area contributed by atoms with E-state index < -0.39 is 5.60 Å². The van der Waals surface area contributed by atoms with E-state index in [1.54, 1.807) is 4.90 Å². The molecule has 0 atom stereocenters. The summed E-state index contributed by atoms with van der Waals surface area (Å²) in [4.78, 5) is 13.7. The zero-order valence-corrected chi connectivity index (χ0v) is 12.4. The number of ether oxygens (including phenoxy) is 1. The fourth-order valence-electron chi connectivity index (χ4n) is 2.16. The summed E-state index contributed by atoms with van der Waals surface area (Å²) in [5, 5.41) is 12.0. The molecular formula is C14H28N2O3. The van der Waals surface area contributed by atoms with E-state index in [-0.39, 0.29) is 12.7 Å². The maximum Gasteiger partial charge on any atom is 0.410 e. The first-order valence-corrected chi connectivity index (χ1v) is 7.22. The maximum absolute atomic E-state index is 11.9. The molecule has 2 N–H and O–H groups in total. The molecule has 1 rings (SSSR count). The zero-order valence-electron chi connectivity index (χ0n) is 12.4. The molecule has 0 saturated carbocycles. The highest BCUT2D eigenvalue weighted by molar-refractivity contribution is 5.68. The van der Waals surface area contributed by atoms with Gasteiger partial charge in [-0.25, -0.2) is 4.79 Å². The van der Waals surface area contributed by atoms with Crippen molar-refractivity contribution in [3.63, 3.8) is 0 Å². The third kappa shape index (κ3) is 6.78. The van der Waals surface area contributed by atoms with Crippen LogP contribution >= 0.6 is 0 Å². The number of likely N-dealkylation sites (tertiary alicyclic amines) is 1. The van der Waals surface area contributed by atoms with Gasteiger partial charge in [0.05, 0.1) is 0 Å². The van der Waals surface area contributed by atoms with Crippen LogP contribution in [0.25, 0.3) is 0 Å². The number of hydrogen-bond donors (Lipinski definition) is 2. The molecule has 112 valence electrons. The van der Waals surface area contributed by atoms with Crippen LogP contribution in [0.2, 0.25) is 0 Å². The van der Waals surface area contributed by atoms with Gasteiger partial charge in [-0.05, 0) is 59.0 Å². The minimum absolute atomic E-state index is 0.195. The summed E-state index contributed by atoms with van der Waals surface area (Å²) in [6.45, 7) is 9.31. The van der Waals surface area contributed by atoms with Gasteiger partial charge in [-0.2, -0.15) is 0 Å². The van der Waals surface area contributed by atoms with Crippen molar-refractivity contribution < 1.29 is 14.6 Å². The molecule has 0 bridgehead atoms. The molecule has 19 heavy (non-hydrogen) atoms. The fraction of sp³-hybridized carbons (Fsp3) is 0.929. The Morgan fingerprint density at radius 3 is 2.53 bits per heavy atom. The SMILES string of the molecule is CC(C)(C)OC(=O)N1CCC(CNCCCO)CC1. The Morgan fingerprint density at radius 2 is 2.00 bits per heavy atom. The Morgan fingerprint density at radius 1 is 1.37 bits per heavy atom. The molecule has 0 spiro atoms. The van der Waals surface area contributed by atoms with E-state index in [9.17, 15) is 4.79 Å². The molecule has 0 radical (unpaired) electrons. The summed E-state index contributed by atoms with van der Waals surface area (Å²) in [6, 6.07) is 0. The van der Waals surface area contributed by atoms with E-state index >= 15 is 0 Å². The van der Waals surface area contributed by atoms with E-state index in [0.717, 1.165) is 45.4 Å². The average molecular weight is 272 g/mol. The first-order chi connectivity index (χ1) is 8.92. The van der Waals surface area contributed by atoms with Gasteiger partial charge in [0.1, 0.15) is 5.60 Å². The molecule has 1 amide bonds. The van der Waals surface area contributed by atoms with E-state index in [0.29, 0.717) is 5.92 Å². The van der Waals surface area contributed by atoms with Gasteiger partial charge in [0, 0.05) is 19.7 Å². The molecule has 1 heterocycles. The van der Waals surface area contributed by atoms with Gasteiger partial charge in [0.15, 0.2) is 0 Å². The predicted molar refractivity (Wildman–Crippen MR) is 75.1 cm³/mol. The smallest absolute Gasteiger partial charge is 0.410 e. The highest BCUT2D eigenvalue weighted by atomic mass is 16.6. The molecule has 5 nitrogen and oxygen atoms in total. The van der Waals surface area contributed by atoms with Crippen LogP contribution in [0.3, 0.4) is 0 Å². The van der Waals surface area contributed by atoms with Crippen molar-refractivity contribution in [3.8, 4) is 0 Å². The molecule has 1 saturated heterocycles. The number of aliphatic hydroxyl groups excluding tert-OH is 1. The first kappa shape index (κ1) is 16.2. The Hall–Kier alpha value is -0.810. The van der Waals surface area contributed by atoms with Crippen LogP contribution in [0.1, 0.15) is 40.0 Å². The number of nitrogens with one attached hydrogen (secondary N) is 1. The van der Waals surface area contributed by atoms with Crippen LogP contribution in [0.4, 0.5) is 4.79 Å². The largest absolute Gasteiger partial charge is 0.444 e. The number of hydrogen-bond acceptors (Lipinski definition) is 4. The second-order valence-corrected chi connectivity index (χ2v) is 6.19. The highest BCUT2D eigenvalue weighted by Gasteiger charge is 2.26. The van der Waals surface area contributed by atoms with Crippen molar-refractivity contribution in [1.29, 1.82) is 0 Å². The summed E-state index contributed by atoms with van der Waals surface area (Å²) in [7, 11) is 0. The van der Waals surface area contributed by atoms with Gasteiger partial charge in [0.25, 0.3) is 0 Å². The topological polar surface area (TPSA) is 61.8 Å². The average Bonchev–Trinajstić information content (AvgIpc) is 2.33. The zero-order chi connectivity index (χ0) is 14.3. The van der Waals surface area contributed by atoms with Gasteiger partial charge in [-0.15, -0.1) is 0 Å². The van der Waals surface area contributed by atoms with E-state index in [1.807, 2.05) is 20.8 Å². The third-order valence-corrected chi connectivity index (χ3v) is 3.21. The second kappa shape index (κ2) is 7.70. The lowest BCUT2D eigenvalue weighted by molar-refractivity contribution is 0.0184. The van der Waals surface area contributed by atoms with Crippen molar-refractivity contribution in [3.05, 3.63) is 0 Å². The van der Waals surface area contributed by atoms with Crippen molar-refractivity contribution >= 4 is 6.09 Å². The van der Waals surface area contributed by atoms with Crippen LogP contribution in [-0.2, 0) is 4.74 Å². The number of amides is 1. The van der Waals surface area contributed by atoms with E-state index in [1.165, 1.54) is 0 Å². The standard InChI is InChI=1S/C14H28N2O3/c1-14(2,3)19-13(18)16-8-5-12(6-9-16)11-15-7-4-10-17/h12,15,17H,4-11H2,1-3H3. The number of rotatable bonds is 5. The lowest BCUT2D eigenvalue weighted by Crippen LogP contribution is -2.43. The molecule has 0 aromatic rings. The van der Waals surface area contributed by atoms with Crippen LogP contribution < -0.4 is 5.32 Å². The molecule has 0 unspecified atom stereocenters. The minimum atomic E-state index is -0.417. The number of piperidine rings is 1. The van der Waals surface area contributed by atoms with Gasteiger partial charge in [0.2, 0.25) is 0 Å². The maximum atomic E-state index is 11.9. The molecule has 1 aliphatic rings. The lowest BCUT2D eigenvalue weighted by Gasteiger charge is -2.33. The molecule has 0 aromatic carbocycles. The summed E-state index contributed by atoms with van der Waals surface area (Å²) in [6.07, 6.45) is 2.65. The van der Waals surface area contributed by atoms with Crippen molar-refractivity contribution in [2.24, 2.45) is 5.92 Å². The minimum Gasteiger partial charge on any atom is -0.444 e. The van der Waals surface area contributed by atoms with E-state index in [2.05, 4.69) is 5.32 Å². The Bertz CT molecular complexity index is 268. The first-order valence-electron chi connectivity index (χ1n) is 7.22. The Balaban J connectivity index is 2.19.